The first kappa shape index (κ1) is 18.4. The molecule has 6 heteroatoms. The molecule has 0 spiro atoms. The van der Waals surface area contributed by atoms with Crippen LogP contribution in [-0.4, -0.2) is 38.5 Å². The normalized spacial score (nSPS) is 26.8. The summed E-state index contributed by atoms with van der Waals surface area (Å²) in [7, 11) is -3.43. The average Bonchev–Trinajstić information content (AvgIpc) is 3.03. The molecule has 0 radical (unpaired) electrons. The predicted octanol–water partition coefficient (Wildman–Crippen LogP) is 3.51. The predicted molar refractivity (Wildman–Crippen MR) is 101 cm³/mol. The fraction of sp³-hybridized carbons (Fsp3) is 0.667. The van der Waals surface area contributed by atoms with Gasteiger partial charge in [-0.25, -0.2) is 13.1 Å². The molecule has 24 heavy (non-hydrogen) atoms. The zero-order valence-corrected chi connectivity index (χ0v) is 16.7. The lowest BCUT2D eigenvalue weighted by molar-refractivity contribution is 0.139. The van der Waals surface area contributed by atoms with Crippen LogP contribution in [0.4, 0.5) is 0 Å². The molecule has 1 aromatic carbocycles. The summed E-state index contributed by atoms with van der Waals surface area (Å²) in [5.41, 5.74) is 0.976. The Morgan fingerprint density at radius 2 is 1.96 bits per heavy atom. The van der Waals surface area contributed by atoms with Gasteiger partial charge in [0.2, 0.25) is 10.0 Å². The second-order valence-electron chi connectivity index (χ2n) is 7.28. The molecule has 3 rings (SSSR count). The van der Waals surface area contributed by atoms with Crippen LogP contribution in [0.15, 0.2) is 29.2 Å². The quantitative estimate of drug-likeness (QED) is 0.749. The summed E-state index contributed by atoms with van der Waals surface area (Å²) >= 11 is 3.38. The van der Waals surface area contributed by atoms with Gasteiger partial charge in [-0.2, -0.15) is 0 Å². The Labute approximate surface area is 154 Å². The highest BCUT2D eigenvalue weighted by Gasteiger charge is 2.33. The van der Waals surface area contributed by atoms with Gasteiger partial charge in [-0.15, -0.1) is 0 Å². The Bertz CT molecular complexity index is 657. The van der Waals surface area contributed by atoms with Gasteiger partial charge < -0.3 is 4.90 Å². The fourth-order valence-electron chi connectivity index (χ4n) is 3.87. The molecule has 4 nitrogen and oxygen atoms in total. The van der Waals surface area contributed by atoms with E-state index in [-0.39, 0.29) is 6.04 Å². The van der Waals surface area contributed by atoms with Gasteiger partial charge in [0.25, 0.3) is 0 Å². The van der Waals surface area contributed by atoms with Crippen molar-refractivity contribution in [3.63, 3.8) is 0 Å². The molecule has 1 aliphatic heterocycles. The molecule has 2 fully saturated rings. The monoisotopic (exact) mass is 414 g/mol. The number of alkyl halides is 1. The lowest BCUT2D eigenvalue weighted by Gasteiger charge is -2.35. The minimum absolute atomic E-state index is 0.0620. The number of rotatable bonds is 5. The SMILES string of the molecule is CC1CCN(C2CCC(NS(=O)(=O)c3cccc(CBr)c3)C2)CC1. The van der Waals surface area contributed by atoms with E-state index in [2.05, 4.69) is 32.5 Å². The highest BCUT2D eigenvalue weighted by atomic mass is 79.9. The summed E-state index contributed by atoms with van der Waals surface area (Å²) in [6.45, 7) is 4.65. The van der Waals surface area contributed by atoms with Gasteiger partial charge >= 0.3 is 0 Å². The van der Waals surface area contributed by atoms with Crippen LogP contribution in [0, 0.1) is 5.92 Å². The third-order valence-corrected chi connectivity index (χ3v) is 7.59. The lowest BCUT2D eigenvalue weighted by Crippen LogP contribution is -2.41. The zero-order valence-electron chi connectivity index (χ0n) is 14.2. The van der Waals surface area contributed by atoms with Crippen LogP contribution in [-0.2, 0) is 15.4 Å². The Kier molecular flexibility index (Phi) is 6.01. The molecule has 0 bridgehead atoms. The average molecular weight is 415 g/mol. The first-order chi connectivity index (χ1) is 11.5. The molecule has 1 N–H and O–H groups in total. The van der Waals surface area contributed by atoms with Crippen molar-refractivity contribution in [1.29, 1.82) is 0 Å². The second kappa shape index (κ2) is 7.85. The van der Waals surface area contributed by atoms with Crippen molar-refractivity contribution < 1.29 is 8.42 Å². The van der Waals surface area contributed by atoms with E-state index in [1.165, 1.54) is 25.9 Å². The van der Waals surface area contributed by atoms with Gasteiger partial charge in [0.15, 0.2) is 0 Å². The van der Waals surface area contributed by atoms with Crippen molar-refractivity contribution in [3.05, 3.63) is 29.8 Å². The maximum Gasteiger partial charge on any atom is 0.240 e. The third kappa shape index (κ3) is 4.40. The maximum absolute atomic E-state index is 12.6. The molecule has 0 amide bonds. The third-order valence-electron chi connectivity index (χ3n) is 5.42. The van der Waals surface area contributed by atoms with E-state index in [1.807, 2.05) is 6.07 Å². The van der Waals surface area contributed by atoms with Crippen molar-refractivity contribution in [2.24, 2.45) is 5.92 Å². The molecule has 1 heterocycles. The van der Waals surface area contributed by atoms with E-state index in [1.54, 1.807) is 18.2 Å². The largest absolute Gasteiger partial charge is 0.300 e. The van der Waals surface area contributed by atoms with Crippen molar-refractivity contribution >= 4 is 26.0 Å². The Morgan fingerprint density at radius 1 is 1.21 bits per heavy atom. The maximum atomic E-state index is 12.6. The number of nitrogens with zero attached hydrogens (tertiary/aromatic N) is 1. The smallest absolute Gasteiger partial charge is 0.240 e. The Hall–Kier alpha value is -0.430. The first-order valence-electron chi connectivity index (χ1n) is 8.89. The fourth-order valence-corrected chi connectivity index (χ4v) is 5.58. The van der Waals surface area contributed by atoms with E-state index in [4.69, 9.17) is 0 Å². The summed E-state index contributed by atoms with van der Waals surface area (Å²) in [6.07, 6.45) is 5.52. The van der Waals surface area contributed by atoms with Crippen molar-refractivity contribution in [1.82, 2.24) is 9.62 Å². The minimum atomic E-state index is -3.43. The zero-order chi connectivity index (χ0) is 17.2. The highest BCUT2D eigenvalue weighted by molar-refractivity contribution is 9.08. The van der Waals surface area contributed by atoms with E-state index in [0.717, 1.165) is 30.7 Å². The molecule has 2 aliphatic rings. The van der Waals surface area contributed by atoms with Crippen molar-refractivity contribution in [2.45, 2.75) is 61.3 Å². The van der Waals surface area contributed by atoms with Crippen LogP contribution in [0.1, 0.15) is 44.6 Å². The number of piperidine rings is 1. The van der Waals surface area contributed by atoms with E-state index in [9.17, 15) is 8.42 Å². The van der Waals surface area contributed by atoms with E-state index >= 15 is 0 Å². The van der Waals surface area contributed by atoms with E-state index < -0.39 is 10.0 Å². The summed E-state index contributed by atoms with van der Waals surface area (Å²) in [5, 5.41) is 0.662. The summed E-state index contributed by atoms with van der Waals surface area (Å²) in [6, 6.07) is 7.75. The van der Waals surface area contributed by atoms with Crippen LogP contribution in [0.25, 0.3) is 0 Å². The molecule has 0 aromatic heterocycles. The van der Waals surface area contributed by atoms with Gasteiger partial charge in [0.1, 0.15) is 0 Å². The molecule has 2 unspecified atom stereocenters. The molecule has 1 saturated carbocycles. The van der Waals surface area contributed by atoms with Crippen molar-refractivity contribution in [3.8, 4) is 0 Å². The van der Waals surface area contributed by atoms with Crippen LogP contribution in [0.5, 0.6) is 0 Å². The summed E-state index contributed by atoms with van der Waals surface area (Å²) < 4.78 is 28.2. The topological polar surface area (TPSA) is 49.4 Å². The van der Waals surface area contributed by atoms with Crippen LogP contribution < -0.4 is 4.72 Å². The van der Waals surface area contributed by atoms with Gasteiger partial charge in [0, 0.05) is 17.4 Å². The molecule has 2 atom stereocenters. The Morgan fingerprint density at radius 3 is 2.67 bits per heavy atom. The molecular weight excluding hydrogens is 388 g/mol. The lowest BCUT2D eigenvalue weighted by atomic mass is 9.97. The van der Waals surface area contributed by atoms with Crippen molar-refractivity contribution in [2.75, 3.05) is 13.1 Å². The molecule has 1 aromatic rings. The van der Waals surface area contributed by atoms with Gasteiger partial charge in [-0.05, 0) is 68.8 Å². The van der Waals surface area contributed by atoms with Crippen LogP contribution in [0.3, 0.4) is 0 Å². The molecule has 134 valence electrons. The van der Waals surface area contributed by atoms with Gasteiger partial charge in [0.05, 0.1) is 4.90 Å². The molecule has 1 aliphatic carbocycles. The van der Waals surface area contributed by atoms with Gasteiger partial charge in [-0.3, -0.25) is 0 Å². The number of nitrogens with one attached hydrogen (secondary N) is 1. The number of halogens is 1. The second-order valence-corrected chi connectivity index (χ2v) is 9.56. The summed E-state index contributed by atoms with van der Waals surface area (Å²) in [4.78, 5) is 2.94. The number of hydrogen-bond acceptors (Lipinski definition) is 3. The first-order valence-corrected chi connectivity index (χ1v) is 11.5. The highest BCUT2D eigenvalue weighted by Crippen LogP contribution is 2.29. The molecular formula is C18H27BrN2O2S. The minimum Gasteiger partial charge on any atom is -0.300 e. The number of hydrogen-bond donors (Lipinski definition) is 1. The number of likely N-dealkylation sites (tertiary alicyclic amines) is 1. The summed E-state index contributed by atoms with van der Waals surface area (Å²) in [5.74, 6) is 0.832. The van der Waals surface area contributed by atoms with Gasteiger partial charge in [-0.1, -0.05) is 35.0 Å². The van der Waals surface area contributed by atoms with E-state index in [0.29, 0.717) is 16.3 Å². The molecule has 1 saturated heterocycles. The van der Waals surface area contributed by atoms with Crippen LogP contribution >= 0.6 is 15.9 Å². The number of benzene rings is 1. The number of sulfonamides is 1. The Balaban J connectivity index is 1.60. The van der Waals surface area contributed by atoms with Crippen LogP contribution in [0.2, 0.25) is 0 Å². The standard InChI is InChI=1S/C18H27BrN2O2S/c1-14-7-9-21(10-8-14)17-6-5-16(12-17)20-24(22,23)18-4-2-3-15(11-18)13-19/h2-4,11,14,16-17,20H,5-10,12-13H2,1H3.